The molecule has 0 atom stereocenters. The van der Waals surface area contributed by atoms with Gasteiger partial charge in [0.05, 0.1) is 5.69 Å². The average Bonchev–Trinajstić information content (AvgIpc) is 2.74. The van der Waals surface area contributed by atoms with Crippen molar-refractivity contribution in [2.45, 2.75) is 6.92 Å². The van der Waals surface area contributed by atoms with E-state index >= 15 is 0 Å². The van der Waals surface area contributed by atoms with E-state index in [4.69, 9.17) is 0 Å². The van der Waals surface area contributed by atoms with Crippen LogP contribution in [-0.2, 0) is 0 Å². The lowest BCUT2D eigenvalue weighted by molar-refractivity contribution is 0.630. The van der Waals surface area contributed by atoms with E-state index in [1.165, 1.54) is 6.07 Å². The third kappa shape index (κ3) is 1.82. The number of hydrogen-bond donors (Lipinski definition) is 0. The fourth-order valence-electron chi connectivity index (χ4n) is 1.98. The van der Waals surface area contributed by atoms with Crippen molar-refractivity contribution >= 4 is 21.6 Å². The van der Waals surface area contributed by atoms with Gasteiger partial charge in [-0.25, -0.2) is 9.37 Å². The smallest absolute Gasteiger partial charge is 0.140 e. The number of hydrogen-bond acceptors (Lipinski definition) is 1. The Morgan fingerprint density at radius 3 is 2.83 bits per heavy atom. The van der Waals surface area contributed by atoms with Crippen LogP contribution in [-0.4, -0.2) is 9.38 Å². The third-order valence-electron chi connectivity index (χ3n) is 2.88. The van der Waals surface area contributed by atoms with Crippen LogP contribution in [0.1, 0.15) is 5.56 Å². The molecule has 0 aliphatic carbocycles. The van der Waals surface area contributed by atoms with Gasteiger partial charge in [-0.05, 0) is 36.8 Å². The maximum atomic E-state index is 13.9. The molecule has 0 fully saturated rings. The highest BCUT2D eigenvalue weighted by atomic mass is 79.9. The second kappa shape index (κ2) is 4.21. The van der Waals surface area contributed by atoms with Crippen molar-refractivity contribution in [3.8, 4) is 11.3 Å². The minimum atomic E-state index is -0.273. The van der Waals surface area contributed by atoms with Gasteiger partial charge in [0.15, 0.2) is 0 Å². The zero-order valence-electron chi connectivity index (χ0n) is 9.69. The van der Waals surface area contributed by atoms with Gasteiger partial charge in [-0.3, -0.25) is 0 Å². The van der Waals surface area contributed by atoms with Crippen LogP contribution in [0.4, 0.5) is 4.39 Å². The normalized spacial score (nSPS) is 11.1. The molecular weight excluding hydrogens is 295 g/mol. The van der Waals surface area contributed by atoms with Gasteiger partial charge in [0.2, 0.25) is 0 Å². The van der Waals surface area contributed by atoms with Crippen LogP contribution in [0.2, 0.25) is 0 Å². The summed E-state index contributed by atoms with van der Waals surface area (Å²) in [5, 5.41) is 0. The van der Waals surface area contributed by atoms with Crippen LogP contribution in [0.5, 0.6) is 0 Å². The predicted octanol–water partition coefficient (Wildman–Crippen LogP) is 4.21. The number of aromatic nitrogens is 2. The monoisotopic (exact) mass is 304 g/mol. The molecule has 0 unspecified atom stereocenters. The van der Waals surface area contributed by atoms with E-state index in [1.807, 2.05) is 41.9 Å². The highest BCUT2D eigenvalue weighted by Crippen LogP contribution is 2.25. The van der Waals surface area contributed by atoms with Crippen molar-refractivity contribution < 1.29 is 4.39 Å². The zero-order chi connectivity index (χ0) is 12.7. The van der Waals surface area contributed by atoms with E-state index in [0.717, 1.165) is 15.7 Å². The van der Waals surface area contributed by atoms with Crippen molar-refractivity contribution in [2.24, 2.45) is 0 Å². The molecule has 2 heterocycles. The number of benzene rings is 1. The lowest BCUT2D eigenvalue weighted by atomic mass is 10.1. The van der Waals surface area contributed by atoms with Gasteiger partial charge < -0.3 is 4.40 Å². The van der Waals surface area contributed by atoms with Gasteiger partial charge in [0.25, 0.3) is 0 Å². The zero-order valence-corrected chi connectivity index (χ0v) is 11.3. The Kier molecular flexibility index (Phi) is 2.67. The van der Waals surface area contributed by atoms with Crippen LogP contribution in [0.25, 0.3) is 16.9 Å². The molecule has 4 heteroatoms. The van der Waals surface area contributed by atoms with E-state index < -0.39 is 0 Å². The summed E-state index contributed by atoms with van der Waals surface area (Å²) in [6, 6.07) is 8.94. The molecule has 1 aromatic carbocycles. The van der Waals surface area contributed by atoms with E-state index in [-0.39, 0.29) is 5.82 Å². The lowest BCUT2D eigenvalue weighted by Crippen LogP contribution is -1.84. The number of imidazole rings is 1. The Labute approximate surface area is 112 Å². The van der Waals surface area contributed by atoms with Crippen LogP contribution in [0, 0.1) is 12.7 Å². The van der Waals surface area contributed by atoms with Crippen molar-refractivity contribution in [1.29, 1.82) is 0 Å². The molecule has 0 bridgehead atoms. The topological polar surface area (TPSA) is 17.3 Å². The quantitative estimate of drug-likeness (QED) is 0.658. The summed E-state index contributed by atoms with van der Waals surface area (Å²) in [5.41, 5.74) is 3.09. The molecule has 3 aromatic rings. The van der Waals surface area contributed by atoms with Gasteiger partial charge in [0, 0.05) is 22.4 Å². The number of pyridine rings is 1. The molecule has 0 radical (unpaired) electrons. The maximum Gasteiger partial charge on any atom is 0.140 e. The summed E-state index contributed by atoms with van der Waals surface area (Å²) >= 11 is 3.25. The molecule has 0 N–H and O–H groups in total. The Balaban J connectivity index is 2.23. The SMILES string of the molecule is Cc1cccn2cc(-c3ccc(Br)cc3F)nc12. The summed E-state index contributed by atoms with van der Waals surface area (Å²) in [7, 11) is 0. The van der Waals surface area contributed by atoms with Crippen molar-refractivity contribution in [3.05, 3.63) is 58.6 Å². The van der Waals surface area contributed by atoms with Crippen LogP contribution < -0.4 is 0 Å². The maximum absolute atomic E-state index is 13.9. The van der Waals surface area contributed by atoms with Crippen molar-refractivity contribution in [3.63, 3.8) is 0 Å². The van der Waals surface area contributed by atoms with E-state index in [9.17, 15) is 4.39 Å². The molecule has 90 valence electrons. The molecule has 0 aliphatic heterocycles. The van der Waals surface area contributed by atoms with Crippen LogP contribution >= 0.6 is 15.9 Å². The Bertz CT molecular complexity index is 734. The van der Waals surface area contributed by atoms with Crippen molar-refractivity contribution in [1.82, 2.24) is 9.38 Å². The Morgan fingerprint density at radius 1 is 1.28 bits per heavy atom. The molecule has 0 amide bonds. The summed E-state index contributed by atoms with van der Waals surface area (Å²) in [5.74, 6) is -0.273. The summed E-state index contributed by atoms with van der Waals surface area (Å²) < 4.78 is 16.5. The van der Waals surface area contributed by atoms with Gasteiger partial charge in [-0.15, -0.1) is 0 Å². The molecule has 0 aliphatic rings. The molecular formula is C14H10BrFN2. The molecule has 0 saturated carbocycles. The Hall–Kier alpha value is -1.68. The largest absolute Gasteiger partial charge is 0.306 e. The third-order valence-corrected chi connectivity index (χ3v) is 3.38. The summed E-state index contributed by atoms with van der Waals surface area (Å²) in [6.07, 6.45) is 3.75. The average molecular weight is 305 g/mol. The number of nitrogens with zero attached hydrogens (tertiary/aromatic N) is 2. The van der Waals surface area contributed by atoms with E-state index in [1.54, 1.807) is 6.07 Å². The molecule has 2 nitrogen and oxygen atoms in total. The van der Waals surface area contributed by atoms with Crippen LogP contribution in [0.3, 0.4) is 0 Å². The predicted molar refractivity (Wildman–Crippen MR) is 73.0 cm³/mol. The number of rotatable bonds is 1. The molecule has 0 spiro atoms. The highest BCUT2D eigenvalue weighted by molar-refractivity contribution is 9.10. The molecule has 18 heavy (non-hydrogen) atoms. The second-order valence-electron chi connectivity index (χ2n) is 4.17. The first kappa shape index (κ1) is 11.4. The van der Waals surface area contributed by atoms with Gasteiger partial charge in [-0.1, -0.05) is 22.0 Å². The van der Waals surface area contributed by atoms with Gasteiger partial charge in [0.1, 0.15) is 11.5 Å². The fraction of sp³-hybridized carbons (Fsp3) is 0.0714. The minimum absolute atomic E-state index is 0.273. The second-order valence-corrected chi connectivity index (χ2v) is 5.09. The molecule has 3 rings (SSSR count). The first-order valence-corrected chi connectivity index (χ1v) is 6.34. The summed E-state index contributed by atoms with van der Waals surface area (Å²) in [6.45, 7) is 1.99. The first-order chi connectivity index (χ1) is 8.65. The number of fused-ring (bicyclic) bond motifs is 1. The van der Waals surface area contributed by atoms with Gasteiger partial charge >= 0.3 is 0 Å². The van der Waals surface area contributed by atoms with E-state index in [0.29, 0.717) is 11.3 Å². The lowest BCUT2D eigenvalue weighted by Gasteiger charge is -1.99. The Morgan fingerprint density at radius 2 is 2.11 bits per heavy atom. The minimum Gasteiger partial charge on any atom is -0.306 e. The molecule has 0 saturated heterocycles. The first-order valence-electron chi connectivity index (χ1n) is 5.55. The number of aryl methyl sites for hydroxylation is 1. The van der Waals surface area contributed by atoms with Gasteiger partial charge in [-0.2, -0.15) is 0 Å². The van der Waals surface area contributed by atoms with Crippen LogP contribution in [0.15, 0.2) is 47.2 Å². The van der Waals surface area contributed by atoms with E-state index in [2.05, 4.69) is 20.9 Å². The number of halogens is 2. The fourth-order valence-corrected chi connectivity index (χ4v) is 2.31. The summed E-state index contributed by atoms with van der Waals surface area (Å²) in [4.78, 5) is 4.48. The standard InChI is InChI=1S/C14H10BrFN2/c1-9-3-2-6-18-8-13(17-14(9)18)11-5-4-10(15)7-12(11)16/h2-8H,1H3. The van der Waals surface area contributed by atoms with Crippen molar-refractivity contribution in [2.75, 3.05) is 0 Å². The highest BCUT2D eigenvalue weighted by Gasteiger charge is 2.10. The molecule has 2 aromatic heterocycles.